The second-order valence-corrected chi connectivity index (χ2v) is 5.46. The first-order chi connectivity index (χ1) is 7.51. The lowest BCUT2D eigenvalue weighted by Gasteiger charge is -2.18. The van der Waals surface area contributed by atoms with E-state index in [2.05, 4.69) is 38.2 Å². The van der Waals surface area contributed by atoms with Crippen LogP contribution in [0.4, 0.5) is 0 Å². The van der Waals surface area contributed by atoms with Crippen molar-refractivity contribution >= 4 is 0 Å². The standard InChI is InChI=1S/C14H23NO/c1-14(2,3)11-15-9-8-12-4-6-13(10-16)7-5-12/h4-7,15-16H,8-11H2,1-3H3. The monoisotopic (exact) mass is 221 g/mol. The summed E-state index contributed by atoms with van der Waals surface area (Å²) in [4.78, 5) is 0. The van der Waals surface area contributed by atoms with Gasteiger partial charge in [0.05, 0.1) is 6.61 Å². The molecule has 0 spiro atoms. The van der Waals surface area contributed by atoms with Gasteiger partial charge in [0, 0.05) is 6.54 Å². The van der Waals surface area contributed by atoms with E-state index in [1.807, 2.05) is 12.1 Å². The molecule has 90 valence electrons. The zero-order valence-corrected chi connectivity index (χ0v) is 10.6. The van der Waals surface area contributed by atoms with Crippen LogP contribution in [-0.4, -0.2) is 18.2 Å². The quantitative estimate of drug-likeness (QED) is 0.748. The van der Waals surface area contributed by atoms with Crippen molar-refractivity contribution in [2.24, 2.45) is 5.41 Å². The second kappa shape index (κ2) is 6.02. The lowest BCUT2D eigenvalue weighted by atomic mass is 9.97. The van der Waals surface area contributed by atoms with Crippen molar-refractivity contribution in [1.29, 1.82) is 0 Å². The maximum atomic E-state index is 8.92. The molecule has 0 saturated heterocycles. The highest BCUT2D eigenvalue weighted by atomic mass is 16.3. The third-order valence-corrected chi connectivity index (χ3v) is 2.45. The summed E-state index contributed by atoms with van der Waals surface area (Å²) in [5.41, 5.74) is 2.64. The molecule has 0 bridgehead atoms. The Morgan fingerprint density at radius 2 is 1.62 bits per heavy atom. The molecule has 0 fully saturated rings. The van der Waals surface area contributed by atoms with Crippen LogP contribution in [0.15, 0.2) is 24.3 Å². The summed E-state index contributed by atoms with van der Waals surface area (Å²) in [7, 11) is 0. The Hall–Kier alpha value is -0.860. The summed E-state index contributed by atoms with van der Waals surface area (Å²) < 4.78 is 0. The molecule has 0 unspecified atom stereocenters. The largest absolute Gasteiger partial charge is 0.392 e. The van der Waals surface area contributed by atoms with Crippen LogP contribution in [0, 0.1) is 5.41 Å². The van der Waals surface area contributed by atoms with E-state index in [4.69, 9.17) is 5.11 Å². The van der Waals surface area contributed by atoms with E-state index in [9.17, 15) is 0 Å². The minimum absolute atomic E-state index is 0.128. The van der Waals surface area contributed by atoms with Crippen molar-refractivity contribution in [3.8, 4) is 0 Å². The molecule has 1 aromatic rings. The van der Waals surface area contributed by atoms with Crippen molar-refractivity contribution < 1.29 is 5.11 Å². The van der Waals surface area contributed by atoms with Gasteiger partial charge in [-0.25, -0.2) is 0 Å². The SMILES string of the molecule is CC(C)(C)CNCCc1ccc(CO)cc1. The number of aliphatic hydroxyl groups is 1. The Labute approximate surface area is 98.7 Å². The van der Waals surface area contributed by atoms with Gasteiger partial charge in [0.2, 0.25) is 0 Å². The topological polar surface area (TPSA) is 32.3 Å². The summed E-state index contributed by atoms with van der Waals surface area (Å²) >= 11 is 0. The van der Waals surface area contributed by atoms with Gasteiger partial charge < -0.3 is 10.4 Å². The number of benzene rings is 1. The van der Waals surface area contributed by atoms with Crippen molar-refractivity contribution in [1.82, 2.24) is 5.32 Å². The molecular formula is C14H23NO. The molecule has 1 aromatic carbocycles. The van der Waals surface area contributed by atoms with E-state index in [0.29, 0.717) is 5.41 Å². The normalized spacial score (nSPS) is 11.8. The van der Waals surface area contributed by atoms with Crippen LogP contribution in [0.25, 0.3) is 0 Å². The van der Waals surface area contributed by atoms with Crippen molar-refractivity contribution in [3.05, 3.63) is 35.4 Å². The van der Waals surface area contributed by atoms with Gasteiger partial charge in [-0.05, 0) is 29.5 Å². The zero-order chi connectivity index (χ0) is 12.0. The van der Waals surface area contributed by atoms with E-state index in [1.54, 1.807) is 0 Å². The molecular weight excluding hydrogens is 198 g/mol. The zero-order valence-electron chi connectivity index (χ0n) is 10.6. The molecule has 0 aliphatic heterocycles. The van der Waals surface area contributed by atoms with Gasteiger partial charge in [0.15, 0.2) is 0 Å². The van der Waals surface area contributed by atoms with E-state index in [-0.39, 0.29) is 6.61 Å². The summed E-state index contributed by atoms with van der Waals surface area (Å²) in [6, 6.07) is 8.15. The second-order valence-electron chi connectivity index (χ2n) is 5.46. The van der Waals surface area contributed by atoms with E-state index < -0.39 is 0 Å². The average Bonchev–Trinajstić information content (AvgIpc) is 2.24. The van der Waals surface area contributed by atoms with Gasteiger partial charge in [-0.15, -0.1) is 0 Å². The summed E-state index contributed by atoms with van der Waals surface area (Å²) in [6.45, 7) is 8.88. The lowest BCUT2D eigenvalue weighted by Crippen LogP contribution is -2.28. The molecule has 0 saturated carbocycles. The van der Waals surface area contributed by atoms with Crippen molar-refractivity contribution in [2.75, 3.05) is 13.1 Å². The predicted molar refractivity (Wildman–Crippen MR) is 68.4 cm³/mol. The molecule has 0 radical (unpaired) electrons. The highest BCUT2D eigenvalue weighted by molar-refractivity contribution is 5.22. The van der Waals surface area contributed by atoms with Crippen LogP contribution in [0.3, 0.4) is 0 Å². The lowest BCUT2D eigenvalue weighted by molar-refractivity contribution is 0.282. The smallest absolute Gasteiger partial charge is 0.0681 e. The van der Waals surface area contributed by atoms with Gasteiger partial charge >= 0.3 is 0 Å². The third kappa shape index (κ3) is 5.29. The fourth-order valence-electron chi connectivity index (χ4n) is 1.51. The van der Waals surface area contributed by atoms with Crippen LogP contribution in [0.1, 0.15) is 31.9 Å². The molecule has 0 aliphatic carbocycles. The van der Waals surface area contributed by atoms with Crippen LogP contribution >= 0.6 is 0 Å². The molecule has 0 atom stereocenters. The maximum Gasteiger partial charge on any atom is 0.0681 e. The van der Waals surface area contributed by atoms with Gasteiger partial charge in [-0.1, -0.05) is 45.0 Å². The Kier molecular flexibility index (Phi) is 4.97. The first-order valence-electron chi connectivity index (χ1n) is 5.91. The highest BCUT2D eigenvalue weighted by Crippen LogP contribution is 2.10. The maximum absolute atomic E-state index is 8.92. The number of rotatable bonds is 5. The summed E-state index contributed by atoms with van der Waals surface area (Å²) in [6.07, 6.45) is 1.04. The van der Waals surface area contributed by atoms with E-state index in [0.717, 1.165) is 25.1 Å². The number of aliphatic hydroxyl groups excluding tert-OH is 1. The summed E-state index contributed by atoms with van der Waals surface area (Å²) in [5.74, 6) is 0. The fourth-order valence-corrected chi connectivity index (χ4v) is 1.51. The van der Waals surface area contributed by atoms with E-state index in [1.165, 1.54) is 5.56 Å². The molecule has 1 rings (SSSR count). The highest BCUT2D eigenvalue weighted by Gasteiger charge is 2.08. The predicted octanol–water partition coefficient (Wildman–Crippen LogP) is 2.36. The molecule has 0 amide bonds. The molecule has 0 aromatic heterocycles. The van der Waals surface area contributed by atoms with Gasteiger partial charge in [0.1, 0.15) is 0 Å². The van der Waals surface area contributed by atoms with E-state index >= 15 is 0 Å². The van der Waals surface area contributed by atoms with Crippen LogP contribution in [0.2, 0.25) is 0 Å². The molecule has 2 N–H and O–H groups in total. The molecule has 0 aliphatic rings. The summed E-state index contributed by atoms with van der Waals surface area (Å²) in [5, 5.41) is 12.4. The Balaban J connectivity index is 2.27. The average molecular weight is 221 g/mol. The van der Waals surface area contributed by atoms with Crippen LogP contribution in [0.5, 0.6) is 0 Å². The molecule has 2 heteroatoms. The Morgan fingerprint density at radius 1 is 1.06 bits per heavy atom. The van der Waals surface area contributed by atoms with Crippen LogP contribution < -0.4 is 5.32 Å². The fraction of sp³-hybridized carbons (Fsp3) is 0.571. The van der Waals surface area contributed by atoms with Crippen molar-refractivity contribution in [3.63, 3.8) is 0 Å². The van der Waals surface area contributed by atoms with Gasteiger partial charge in [-0.2, -0.15) is 0 Å². The number of nitrogens with one attached hydrogen (secondary N) is 1. The number of hydrogen-bond acceptors (Lipinski definition) is 2. The molecule has 2 nitrogen and oxygen atoms in total. The van der Waals surface area contributed by atoms with Gasteiger partial charge in [-0.3, -0.25) is 0 Å². The Bertz CT molecular complexity index is 298. The van der Waals surface area contributed by atoms with Crippen molar-refractivity contribution in [2.45, 2.75) is 33.8 Å². The molecule has 0 heterocycles. The molecule has 16 heavy (non-hydrogen) atoms. The minimum Gasteiger partial charge on any atom is -0.392 e. The number of hydrogen-bond donors (Lipinski definition) is 2. The minimum atomic E-state index is 0.128. The van der Waals surface area contributed by atoms with Crippen LogP contribution in [-0.2, 0) is 13.0 Å². The third-order valence-electron chi connectivity index (χ3n) is 2.45. The first kappa shape index (κ1) is 13.2. The Morgan fingerprint density at radius 3 is 2.12 bits per heavy atom. The first-order valence-corrected chi connectivity index (χ1v) is 5.91. The van der Waals surface area contributed by atoms with Gasteiger partial charge in [0.25, 0.3) is 0 Å².